The molecule has 0 radical (unpaired) electrons. The fourth-order valence-electron chi connectivity index (χ4n) is 1.34. The van der Waals surface area contributed by atoms with Crippen LogP contribution in [0, 0.1) is 0 Å². The van der Waals surface area contributed by atoms with Crippen molar-refractivity contribution in [3.8, 4) is 5.75 Å². The second kappa shape index (κ2) is 7.44. The molecule has 1 rings (SSSR count). The number of hydrogen-bond donors (Lipinski definition) is 0. The van der Waals surface area contributed by atoms with Gasteiger partial charge in [-0.2, -0.15) is 0 Å². The summed E-state index contributed by atoms with van der Waals surface area (Å²) in [4.78, 5) is 21.7. The molecule has 0 unspecified atom stereocenters. The van der Waals surface area contributed by atoms with Crippen LogP contribution in [0.1, 0.15) is 30.1 Å². The van der Waals surface area contributed by atoms with Crippen molar-refractivity contribution in [1.82, 2.24) is 0 Å². The van der Waals surface area contributed by atoms with Gasteiger partial charge in [0.2, 0.25) is 0 Å². The van der Waals surface area contributed by atoms with Gasteiger partial charge in [-0.25, -0.2) is 0 Å². The predicted octanol–water partition coefficient (Wildman–Crippen LogP) is 2.22. The number of ether oxygens (including phenoxy) is 2. The van der Waals surface area contributed by atoms with Crippen LogP contribution in [0.25, 0.3) is 0 Å². The summed E-state index contributed by atoms with van der Waals surface area (Å²) in [5.41, 5.74) is 0.517. The van der Waals surface area contributed by atoms with Crippen LogP contribution >= 0.6 is 0 Å². The van der Waals surface area contributed by atoms with Crippen molar-refractivity contribution in [1.29, 1.82) is 0 Å². The third-order valence-corrected chi connectivity index (χ3v) is 2.13. The highest BCUT2D eigenvalue weighted by atomic mass is 16.5. The van der Waals surface area contributed by atoms with E-state index in [1.807, 2.05) is 0 Å². The lowest BCUT2D eigenvalue weighted by atomic mass is 10.2. The third kappa shape index (κ3) is 4.68. The SMILES string of the molecule is CCOC(=O)CCCOc1ccccc1C=O. The molecule has 17 heavy (non-hydrogen) atoms. The van der Waals surface area contributed by atoms with Crippen LogP contribution in [0.5, 0.6) is 5.75 Å². The zero-order valence-corrected chi connectivity index (χ0v) is 9.85. The second-order valence-corrected chi connectivity index (χ2v) is 3.41. The van der Waals surface area contributed by atoms with Crippen LogP contribution < -0.4 is 4.74 Å². The molecule has 4 nitrogen and oxygen atoms in total. The summed E-state index contributed by atoms with van der Waals surface area (Å²) in [5, 5.41) is 0. The van der Waals surface area contributed by atoms with Crippen molar-refractivity contribution in [3.63, 3.8) is 0 Å². The van der Waals surface area contributed by atoms with Gasteiger partial charge in [0.15, 0.2) is 6.29 Å². The first-order chi connectivity index (χ1) is 8.27. The zero-order valence-electron chi connectivity index (χ0n) is 9.85. The van der Waals surface area contributed by atoms with E-state index in [4.69, 9.17) is 9.47 Å². The van der Waals surface area contributed by atoms with Gasteiger partial charge in [-0.3, -0.25) is 9.59 Å². The number of para-hydroxylation sites is 1. The zero-order chi connectivity index (χ0) is 12.5. The lowest BCUT2D eigenvalue weighted by Crippen LogP contribution is -2.07. The lowest BCUT2D eigenvalue weighted by Gasteiger charge is -2.07. The summed E-state index contributed by atoms with van der Waals surface area (Å²) in [6.45, 7) is 2.56. The predicted molar refractivity (Wildman–Crippen MR) is 63.2 cm³/mol. The average Bonchev–Trinajstić information content (AvgIpc) is 2.35. The van der Waals surface area contributed by atoms with E-state index >= 15 is 0 Å². The maximum atomic E-state index is 11.0. The van der Waals surface area contributed by atoms with Crippen molar-refractivity contribution >= 4 is 12.3 Å². The van der Waals surface area contributed by atoms with Gasteiger partial charge in [-0.05, 0) is 25.5 Å². The molecule has 4 heteroatoms. The summed E-state index contributed by atoms with van der Waals surface area (Å²) in [6, 6.07) is 6.99. The molecule has 0 spiro atoms. The molecule has 0 fully saturated rings. The van der Waals surface area contributed by atoms with E-state index in [2.05, 4.69) is 0 Å². The Balaban J connectivity index is 2.31. The third-order valence-electron chi connectivity index (χ3n) is 2.13. The Kier molecular flexibility index (Phi) is 5.79. The van der Waals surface area contributed by atoms with Gasteiger partial charge in [0.25, 0.3) is 0 Å². The first kappa shape index (κ1) is 13.2. The van der Waals surface area contributed by atoms with E-state index in [1.54, 1.807) is 31.2 Å². The Hall–Kier alpha value is -1.84. The van der Waals surface area contributed by atoms with Crippen molar-refractivity contribution in [2.75, 3.05) is 13.2 Å². The minimum atomic E-state index is -0.222. The number of esters is 1. The molecule has 1 aromatic carbocycles. The standard InChI is InChI=1S/C13H16O4/c1-2-16-13(15)8-5-9-17-12-7-4-3-6-11(12)10-14/h3-4,6-7,10H,2,5,8-9H2,1H3. The molecule has 0 heterocycles. The Labute approximate surface area is 101 Å². The van der Waals surface area contributed by atoms with Crippen LogP contribution in [0.15, 0.2) is 24.3 Å². The monoisotopic (exact) mass is 236 g/mol. The van der Waals surface area contributed by atoms with Crippen LogP contribution in [0.4, 0.5) is 0 Å². The van der Waals surface area contributed by atoms with E-state index in [-0.39, 0.29) is 5.97 Å². The lowest BCUT2D eigenvalue weighted by molar-refractivity contribution is -0.143. The van der Waals surface area contributed by atoms with Gasteiger partial charge in [-0.15, -0.1) is 0 Å². The van der Waals surface area contributed by atoms with Crippen molar-refractivity contribution in [2.45, 2.75) is 19.8 Å². The van der Waals surface area contributed by atoms with E-state index in [0.29, 0.717) is 37.4 Å². The number of benzene rings is 1. The number of rotatable bonds is 7. The molecule has 0 bridgehead atoms. The highest BCUT2D eigenvalue weighted by molar-refractivity contribution is 5.79. The largest absolute Gasteiger partial charge is 0.493 e. The smallest absolute Gasteiger partial charge is 0.305 e. The molecule has 0 aromatic heterocycles. The Morgan fingerprint density at radius 1 is 1.35 bits per heavy atom. The first-order valence-electron chi connectivity index (χ1n) is 5.60. The molecular weight excluding hydrogens is 220 g/mol. The van der Waals surface area contributed by atoms with Gasteiger partial charge >= 0.3 is 5.97 Å². The van der Waals surface area contributed by atoms with E-state index in [9.17, 15) is 9.59 Å². The van der Waals surface area contributed by atoms with Crippen LogP contribution in [-0.2, 0) is 9.53 Å². The van der Waals surface area contributed by atoms with Crippen molar-refractivity contribution in [3.05, 3.63) is 29.8 Å². The van der Waals surface area contributed by atoms with Crippen molar-refractivity contribution < 1.29 is 19.1 Å². The quantitative estimate of drug-likeness (QED) is 0.414. The van der Waals surface area contributed by atoms with Gasteiger partial charge < -0.3 is 9.47 Å². The average molecular weight is 236 g/mol. The summed E-state index contributed by atoms with van der Waals surface area (Å²) >= 11 is 0. The molecule has 0 amide bonds. The van der Waals surface area contributed by atoms with Crippen molar-refractivity contribution in [2.24, 2.45) is 0 Å². The maximum Gasteiger partial charge on any atom is 0.305 e. The van der Waals surface area contributed by atoms with E-state index in [0.717, 1.165) is 6.29 Å². The Bertz CT molecular complexity index is 373. The minimum Gasteiger partial charge on any atom is -0.493 e. The van der Waals surface area contributed by atoms with Crippen LogP contribution in [-0.4, -0.2) is 25.5 Å². The van der Waals surface area contributed by atoms with Gasteiger partial charge in [0, 0.05) is 6.42 Å². The molecule has 0 N–H and O–H groups in total. The van der Waals surface area contributed by atoms with Gasteiger partial charge in [0.05, 0.1) is 18.8 Å². The first-order valence-corrected chi connectivity index (χ1v) is 5.60. The number of hydrogen-bond acceptors (Lipinski definition) is 4. The van der Waals surface area contributed by atoms with Gasteiger partial charge in [-0.1, -0.05) is 12.1 Å². The highest BCUT2D eigenvalue weighted by Crippen LogP contribution is 2.15. The summed E-state index contributed by atoms with van der Waals surface area (Å²) in [7, 11) is 0. The van der Waals surface area contributed by atoms with E-state index < -0.39 is 0 Å². The summed E-state index contributed by atoms with van der Waals surface area (Å²) < 4.78 is 10.2. The normalized spacial score (nSPS) is 9.71. The molecule has 0 aliphatic heterocycles. The Morgan fingerprint density at radius 3 is 2.82 bits per heavy atom. The molecule has 0 saturated carbocycles. The maximum absolute atomic E-state index is 11.0. The summed E-state index contributed by atoms with van der Waals surface area (Å²) in [6.07, 6.45) is 1.66. The molecule has 1 aromatic rings. The fourth-order valence-corrected chi connectivity index (χ4v) is 1.34. The van der Waals surface area contributed by atoms with Crippen LogP contribution in [0.3, 0.4) is 0 Å². The van der Waals surface area contributed by atoms with E-state index in [1.165, 1.54) is 0 Å². The Morgan fingerprint density at radius 2 is 2.12 bits per heavy atom. The van der Waals surface area contributed by atoms with Crippen LogP contribution in [0.2, 0.25) is 0 Å². The molecule has 0 aliphatic rings. The fraction of sp³-hybridized carbons (Fsp3) is 0.385. The molecule has 0 atom stereocenters. The molecular formula is C13H16O4. The second-order valence-electron chi connectivity index (χ2n) is 3.41. The number of carbonyl (C=O) groups excluding carboxylic acids is 2. The minimum absolute atomic E-state index is 0.222. The molecule has 0 aliphatic carbocycles. The molecule has 92 valence electrons. The summed E-state index contributed by atoms with van der Waals surface area (Å²) in [5.74, 6) is 0.325. The number of aldehydes is 1. The van der Waals surface area contributed by atoms with Gasteiger partial charge in [0.1, 0.15) is 5.75 Å². The highest BCUT2D eigenvalue weighted by Gasteiger charge is 2.03. The number of carbonyl (C=O) groups is 2. The topological polar surface area (TPSA) is 52.6 Å². The molecule has 0 saturated heterocycles.